The van der Waals surface area contributed by atoms with Gasteiger partial charge in [0, 0.05) is 11.4 Å². The first-order valence-corrected chi connectivity index (χ1v) is 11.2. The summed E-state index contributed by atoms with van der Waals surface area (Å²) in [5.41, 5.74) is 3.12. The number of aromatic amines is 1. The van der Waals surface area contributed by atoms with E-state index < -0.39 is 43.0 Å². The number of fused-ring (bicyclic) bond motifs is 1. The number of aromatic nitrogens is 2. The van der Waals surface area contributed by atoms with Gasteiger partial charge in [0.25, 0.3) is 5.92 Å². The number of halogens is 3. The highest BCUT2D eigenvalue weighted by Crippen LogP contribution is 2.41. The monoisotopic (exact) mass is 490 g/mol. The first-order valence-electron chi connectivity index (χ1n) is 10.9. The van der Waals surface area contributed by atoms with Gasteiger partial charge in [-0.1, -0.05) is 43.6 Å². The summed E-state index contributed by atoms with van der Waals surface area (Å²) in [6, 6.07) is 10.9. The molecule has 0 aliphatic carbocycles. The lowest BCUT2D eigenvalue weighted by Crippen LogP contribution is -2.51. The summed E-state index contributed by atoms with van der Waals surface area (Å²) >= 11 is 5.97. The third-order valence-corrected chi connectivity index (χ3v) is 6.19. The number of H-pyrrole nitrogens is 1. The molecule has 1 aliphatic heterocycles. The topological polar surface area (TPSA) is 87.3 Å². The number of hydrogen-bond acceptors (Lipinski definition) is 4. The highest BCUT2D eigenvalue weighted by atomic mass is 35.5. The van der Waals surface area contributed by atoms with Crippen molar-refractivity contribution in [3.63, 3.8) is 0 Å². The van der Waals surface area contributed by atoms with Crippen molar-refractivity contribution in [3.05, 3.63) is 53.3 Å². The van der Waals surface area contributed by atoms with Crippen molar-refractivity contribution < 1.29 is 23.1 Å². The number of methoxy groups -OCH3 is 1. The summed E-state index contributed by atoms with van der Waals surface area (Å²) in [7, 11) is 1.18. The van der Waals surface area contributed by atoms with Crippen LogP contribution in [0.2, 0.25) is 5.02 Å². The SMILES string of the molecule is COC(=O)N[C@H](C(=O)N1CC(F)(F)C[C@H]1c1nc2ccc(-c3ccc(Cl)cc3)cc2[nH]1)C(C)C. The molecule has 2 aromatic carbocycles. The van der Waals surface area contributed by atoms with Crippen LogP contribution in [0.1, 0.15) is 32.1 Å². The van der Waals surface area contributed by atoms with Crippen LogP contribution in [0.5, 0.6) is 0 Å². The normalized spacial score (nSPS) is 18.3. The molecular formula is C24H25ClF2N4O3. The Hall–Kier alpha value is -3.20. The molecule has 2 atom stereocenters. The smallest absolute Gasteiger partial charge is 0.407 e. The van der Waals surface area contributed by atoms with Crippen LogP contribution in [-0.4, -0.2) is 52.5 Å². The molecule has 1 saturated heterocycles. The number of alkyl halides is 2. The molecule has 1 aromatic heterocycles. The van der Waals surface area contributed by atoms with Gasteiger partial charge in [0.15, 0.2) is 0 Å². The number of carbonyl (C=O) groups is 2. The molecule has 180 valence electrons. The quantitative estimate of drug-likeness (QED) is 0.516. The van der Waals surface area contributed by atoms with E-state index in [2.05, 4.69) is 20.0 Å². The van der Waals surface area contributed by atoms with E-state index >= 15 is 0 Å². The zero-order valence-corrected chi connectivity index (χ0v) is 19.7. The van der Waals surface area contributed by atoms with Gasteiger partial charge in [-0.2, -0.15) is 0 Å². The molecule has 0 spiro atoms. The molecule has 2 amide bonds. The fraction of sp³-hybridized carbons (Fsp3) is 0.375. The van der Waals surface area contributed by atoms with Crippen LogP contribution >= 0.6 is 11.6 Å². The fourth-order valence-electron chi connectivity index (χ4n) is 4.18. The number of likely N-dealkylation sites (tertiary alicyclic amines) is 1. The lowest BCUT2D eigenvalue weighted by molar-refractivity contribution is -0.136. The summed E-state index contributed by atoms with van der Waals surface area (Å²) in [6.45, 7) is 2.69. The van der Waals surface area contributed by atoms with Gasteiger partial charge >= 0.3 is 6.09 Å². The second-order valence-electron chi connectivity index (χ2n) is 8.76. The molecule has 0 saturated carbocycles. The number of amides is 2. The highest BCUT2D eigenvalue weighted by Gasteiger charge is 2.50. The van der Waals surface area contributed by atoms with E-state index in [9.17, 15) is 18.4 Å². The van der Waals surface area contributed by atoms with Gasteiger partial charge in [0.1, 0.15) is 11.9 Å². The van der Waals surface area contributed by atoms with E-state index in [1.54, 1.807) is 32.0 Å². The Kier molecular flexibility index (Phi) is 6.49. The van der Waals surface area contributed by atoms with E-state index in [4.69, 9.17) is 11.6 Å². The van der Waals surface area contributed by atoms with Crippen LogP contribution in [0.4, 0.5) is 13.6 Å². The molecule has 0 radical (unpaired) electrons. The van der Waals surface area contributed by atoms with Crippen LogP contribution in [0, 0.1) is 5.92 Å². The second kappa shape index (κ2) is 9.21. The minimum Gasteiger partial charge on any atom is -0.453 e. The van der Waals surface area contributed by atoms with Gasteiger partial charge in [-0.15, -0.1) is 0 Å². The minimum atomic E-state index is -3.08. The number of ether oxygens (including phenoxy) is 1. The fourth-order valence-corrected chi connectivity index (χ4v) is 4.31. The van der Waals surface area contributed by atoms with Gasteiger partial charge in [0.2, 0.25) is 5.91 Å². The molecule has 0 unspecified atom stereocenters. The molecule has 2 heterocycles. The summed E-state index contributed by atoms with van der Waals surface area (Å²) < 4.78 is 33.6. The summed E-state index contributed by atoms with van der Waals surface area (Å²) in [5.74, 6) is -3.75. The first kappa shape index (κ1) is 23.9. The van der Waals surface area contributed by atoms with Crippen LogP contribution in [0.25, 0.3) is 22.2 Å². The van der Waals surface area contributed by atoms with E-state index in [1.807, 2.05) is 24.3 Å². The van der Waals surface area contributed by atoms with Crippen LogP contribution in [0.15, 0.2) is 42.5 Å². The molecule has 1 aliphatic rings. The Morgan fingerprint density at radius 3 is 2.53 bits per heavy atom. The maximum Gasteiger partial charge on any atom is 0.407 e. The van der Waals surface area contributed by atoms with Crippen molar-refractivity contribution in [2.45, 2.75) is 38.3 Å². The van der Waals surface area contributed by atoms with E-state index in [-0.39, 0.29) is 11.7 Å². The maximum absolute atomic E-state index is 14.5. The van der Waals surface area contributed by atoms with Crippen molar-refractivity contribution in [3.8, 4) is 11.1 Å². The molecule has 10 heteroatoms. The predicted molar refractivity (Wildman–Crippen MR) is 125 cm³/mol. The third kappa shape index (κ3) is 4.84. The highest BCUT2D eigenvalue weighted by molar-refractivity contribution is 6.30. The van der Waals surface area contributed by atoms with Crippen molar-refractivity contribution in [1.29, 1.82) is 0 Å². The number of imidazole rings is 1. The average molecular weight is 491 g/mol. The van der Waals surface area contributed by atoms with Gasteiger partial charge in [-0.3, -0.25) is 4.79 Å². The number of alkyl carbamates (subject to hydrolysis) is 1. The van der Waals surface area contributed by atoms with E-state index in [0.717, 1.165) is 16.0 Å². The van der Waals surface area contributed by atoms with Crippen molar-refractivity contribution in [2.24, 2.45) is 5.92 Å². The Morgan fingerprint density at radius 2 is 1.88 bits per heavy atom. The van der Waals surface area contributed by atoms with Crippen molar-refractivity contribution in [2.75, 3.05) is 13.7 Å². The molecule has 3 aromatic rings. The standard InChI is InChI=1S/C24H25ClF2N4O3/c1-13(2)20(30-23(33)34-3)22(32)31-12-24(26,27)11-19(31)21-28-17-9-6-15(10-18(17)29-21)14-4-7-16(25)8-5-14/h4-10,13,19-20H,11-12H2,1-3H3,(H,28,29)(H,30,33)/t19-,20-/m0/s1. The molecule has 0 bridgehead atoms. The molecule has 1 fully saturated rings. The van der Waals surface area contributed by atoms with Crippen LogP contribution < -0.4 is 5.32 Å². The average Bonchev–Trinajstić information content (AvgIpc) is 3.36. The Balaban J connectivity index is 1.66. The van der Waals surface area contributed by atoms with Gasteiger partial charge in [0.05, 0.1) is 30.7 Å². The van der Waals surface area contributed by atoms with Crippen LogP contribution in [0.3, 0.4) is 0 Å². The summed E-state index contributed by atoms with van der Waals surface area (Å²) in [6.07, 6.45) is -1.36. The Morgan fingerprint density at radius 1 is 1.21 bits per heavy atom. The molecule has 4 rings (SSSR count). The summed E-state index contributed by atoms with van der Waals surface area (Å²) in [4.78, 5) is 33.7. The minimum absolute atomic E-state index is 0.273. The third-order valence-electron chi connectivity index (χ3n) is 5.94. The largest absolute Gasteiger partial charge is 0.453 e. The maximum atomic E-state index is 14.5. The van der Waals surface area contributed by atoms with E-state index in [1.165, 1.54) is 7.11 Å². The lowest BCUT2D eigenvalue weighted by atomic mass is 10.0. The molecular weight excluding hydrogens is 466 g/mol. The van der Waals surface area contributed by atoms with E-state index in [0.29, 0.717) is 16.1 Å². The Bertz CT molecular complexity index is 1210. The number of hydrogen-bond donors (Lipinski definition) is 2. The first-order chi connectivity index (χ1) is 16.1. The molecule has 34 heavy (non-hydrogen) atoms. The number of benzene rings is 2. The van der Waals surface area contributed by atoms with Gasteiger partial charge in [-0.25, -0.2) is 18.6 Å². The number of nitrogens with zero attached hydrogens (tertiary/aromatic N) is 2. The van der Waals surface area contributed by atoms with Crippen molar-refractivity contribution >= 4 is 34.6 Å². The second-order valence-corrected chi connectivity index (χ2v) is 9.20. The Labute approximate surface area is 200 Å². The predicted octanol–water partition coefficient (Wildman–Crippen LogP) is 5.17. The zero-order valence-electron chi connectivity index (χ0n) is 18.9. The lowest BCUT2D eigenvalue weighted by Gasteiger charge is -2.29. The van der Waals surface area contributed by atoms with Gasteiger partial charge in [-0.05, 0) is 41.3 Å². The van der Waals surface area contributed by atoms with Gasteiger partial charge < -0.3 is 19.9 Å². The molecule has 2 N–H and O–H groups in total. The zero-order chi connectivity index (χ0) is 24.6. The summed E-state index contributed by atoms with van der Waals surface area (Å²) in [5, 5.41) is 3.09. The number of rotatable bonds is 5. The van der Waals surface area contributed by atoms with Crippen LogP contribution in [-0.2, 0) is 9.53 Å². The number of nitrogens with one attached hydrogen (secondary N) is 2. The van der Waals surface area contributed by atoms with Crippen molar-refractivity contribution in [1.82, 2.24) is 20.2 Å². The molecule has 7 nitrogen and oxygen atoms in total. The number of carbonyl (C=O) groups excluding carboxylic acids is 2.